The molecule has 2 aromatic rings. The van der Waals surface area contributed by atoms with Crippen molar-refractivity contribution < 1.29 is 23.5 Å². The number of hydrogen-bond donors (Lipinski definition) is 0. The third kappa shape index (κ3) is 3.20. The topological polar surface area (TPSA) is 52.6 Å². The first-order valence-electron chi connectivity index (χ1n) is 5.85. The lowest BCUT2D eigenvalue weighted by Gasteiger charge is -2.08. The van der Waals surface area contributed by atoms with Gasteiger partial charge in [0.25, 0.3) is 6.47 Å². The lowest BCUT2D eigenvalue weighted by atomic mass is 10.0. The number of methoxy groups -OCH3 is 1. The first-order chi connectivity index (χ1) is 10.1. The Morgan fingerprint density at radius 1 is 1.19 bits per heavy atom. The van der Waals surface area contributed by atoms with Gasteiger partial charge >= 0.3 is 5.97 Å². The molecule has 108 valence electrons. The van der Waals surface area contributed by atoms with Crippen molar-refractivity contribution in [3.8, 4) is 16.9 Å². The third-order valence-corrected chi connectivity index (χ3v) is 3.08. The summed E-state index contributed by atoms with van der Waals surface area (Å²) in [5.74, 6) is -1.52. The van der Waals surface area contributed by atoms with Gasteiger partial charge in [0.05, 0.1) is 17.7 Å². The molecule has 0 aliphatic rings. The molecule has 0 amide bonds. The van der Waals surface area contributed by atoms with Crippen LogP contribution in [0.2, 0.25) is 5.02 Å². The van der Waals surface area contributed by atoms with Crippen LogP contribution in [0, 0.1) is 5.82 Å². The van der Waals surface area contributed by atoms with Gasteiger partial charge in [-0.2, -0.15) is 0 Å². The van der Waals surface area contributed by atoms with Crippen LogP contribution in [0.3, 0.4) is 0 Å². The van der Waals surface area contributed by atoms with Crippen molar-refractivity contribution in [1.29, 1.82) is 0 Å². The van der Waals surface area contributed by atoms with Crippen molar-refractivity contribution >= 4 is 24.0 Å². The third-order valence-electron chi connectivity index (χ3n) is 2.80. The van der Waals surface area contributed by atoms with Crippen molar-refractivity contribution in [3.63, 3.8) is 0 Å². The van der Waals surface area contributed by atoms with E-state index in [0.29, 0.717) is 16.7 Å². The molecule has 0 bridgehead atoms. The van der Waals surface area contributed by atoms with Crippen LogP contribution in [0.1, 0.15) is 10.4 Å². The van der Waals surface area contributed by atoms with Crippen molar-refractivity contribution in [1.82, 2.24) is 0 Å². The minimum atomic E-state index is -0.748. The van der Waals surface area contributed by atoms with Crippen LogP contribution in [0.25, 0.3) is 11.1 Å². The minimum Gasteiger partial charge on any atom is -0.465 e. The van der Waals surface area contributed by atoms with Crippen molar-refractivity contribution in [3.05, 3.63) is 52.8 Å². The molecule has 6 heteroatoms. The van der Waals surface area contributed by atoms with E-state index in [0.717, 1.165) is 0 Å². The number of halogens is 2. The fraction of sp³-hybridized carbons (Fsp3) is 0.0667. The summed E-state index contributed by atoms with van der Waals surface area (Å²) >= 11 is 5.87. The van der Waals surface area contributed by atoms with Crippen LogP contribution in [-0.2, 0) is 9.53 Å². The number of carbonyl (C=O) groups is 2. The van der Waals surface area contributed by atoms with Gasteiger partial charge in [0.1, 0.15) is 0 Å². The molecule has 0 saturated carbocycles. The summed E-state index contributed by atoms with van der Waals surface area (Å²) in [4.78, 5) is 21.6. The van der Waals surface area contributed by atoms with E-state index in [2.05, 4.69) is 9.47 Å². The van der Waals surface area contributed by atoms with Gasteiger partial charge in [-0.15, -0.1) is 0 Å². The maximum Gasteiger partial charge on any atom is 0.337 e. The largest absolute Gasteiger partial charge is 0.465 e. The predicted octanol–water partition coefficient (Wildman–Crippen LogP) is 3.47. The van der Waals surface area contributed by atoms with E-state index in [9.17, 15) is 14.0 Å². The standard InChI is InChI=1S/C15H10ClFO4/c1-20-15(19)10-4-2-9(3-5-10)11-6-12(16)14(21-8-18)13(17)7-11/h2-8H,1H3. The zero-order chi connectivity index (χ0) is 15.4. The fourth-order valence-corrected chi connectivity index (χ4v) is 2.06. The van der Waals surface area contributed by atoms with Crippen LogP contribution in [0.15, 0.2) is 36.4 Å². The maximum absolute atomic E-state index is 13.8. The highest BCUT2D eigenvalue weighted by atomic mass is 35.5. The second kappa shape index (κ2) is 6.37. The molecule has 0 spiro atoms. The molecule has 0 N–H and O–H groups in total. The lowest BCUT2D eigenvalue weighted by Crippen LogP contribution is -2.00. The number of rotatable bonds is 4. The molecule has 2 rings (SSSR count). The summed E-state index contributed by atoms with van der Waals surface area (Å²) < 4.78 is 22.9. The predicted molar refractivity (Wildman–Crippen MR) is 74.9 cm³/mol. The molecule has 0 aromatic heterocycles. The molecule has 0 saturated heterocycles. The maximum atomic E-state index is 13.8. The summed E-state index contributed by atoms with van der Waals surface area (Å²) in [6, 6.07) is 9.05. The molecule has 2 aromatic carbocycles. The van der Waals surface area contributed by atoms with Crippen LogP contribution >= 0.6 is 11.6 Å². The van der Waals surface area contributed by atoms with E-state index in [1.165, 1.54) is 19.2 Å². The smallest absolute Gasteiger partial charge is 0.337 e. The molecule has 0 atom stereocenters. The first kappa shape index (κ1) is 15.0. The molecule has 0 heterocycles. The van der Waals surface area contributed by atoms with Crippen LogP contribution in [0.4, 0.5) is 4.39 Å². The van der Waals surface area contributed by atoms with E-state index in [1.54, 1.807) is 24.3 Å². The van der Waals surface area contributed by atoms with E-state index in [4.69, 9.17) is 11.6 Å². The van der Waals surface area contributed by atoms with Gasteiger partial charge in [0.2, 0.25) is 0 Å². The molecule has 21 heavy (non-hydrogen) atoms. The summed E-state index contributed by atoms with van der Waals surface area (Å²) in [5.41, 5.74) is 1.53. The van der Waals surface area contributed by atoms with Gasteiger partial charge in [-0.3, -0.25) is 4.79 Å². The molecular formula is C15H10ClFO4. The second-order valence-corrected chi connectivity index (χ2v) is 4.46. The second-order valence-electron chi connectivity index (χ2n) is 4.05. The number of esters is 1. The quantitative estimate of drug-likeness (QED) is 0.641. The zero-order valence-corrected chi connectivity index (χ0v) is 11.7. The van der Waals surface area contributed by atoms with Gasteiger partial charge < -0.3 is 9.47 Å². The molecule has 0 radical (unpaired) electrons. The molecular weight excluding hydrogens is 299 g/mol. The Hall–Kier alpha value is -2.40. The Labute approximate surface area is 125 Å². The molecule has 0 fully saturated rings. The Morgan fingerprint density at radius 2 is 1.86 bits per heavy atom. The van der Waals surface area contributed by atoms with Crippen LogP contribution in [-0.4, -0.2) is 19.6 Å². The summed E-state index contributed by atoms with van der Waals surface area (Å²) in [6.45, 7) is 0.106. The van der Waals surface area contributed by atoms with Crippen molar-refractivity contribution in [2.45, 2.75) is 0 Å². The zero-order valence-electron chi connectivity index (χ0n) is 10.9. The van der Waals surface area contributed by atoms with Gasteiger partial charge in [-0.25, -0.2) is 9.18 Å². The number of carbonyl (C=O) groups excluding carboxylic acids is 2. The molecule has 4 nitrogen and oxygen atoms in total. The molecule has 0 aliphatic carbocycles. The molecule has 0 aliphatic heterocycles. The summed E-state index contributed by atoms with van der Waals surface area (Å²) in [5, 5.41) is -0.0193. The SMILES string of the molecule is COC(=O)c1ccc(-c2cc(F)c(OC=O)c(Cl)c2)cc1. The van der Waals surface area contributed by atoms with Gasteiger partial charge in [0, 0.05) is 0 Å². The lowest BCUT2D eigenvalue weighted by molar-refractivity contribution is -0.120. The highest BCUT2D eigenvalue weighted by Gasteiger charge is 2.13. The van der Waals surface area contributed by atoms with E-state index >= 15 is 0 Å². The van der Waals surface area contributed by atoms with E-state index < -0.39 is 11.8 Å². The van der Waals surface area contributed by atoms with Crippen molar-refractivity contribution in [2.75, 3.05) is 7.11 Å². The first-order valence-corrected chi connectivity index (χ1v) is 6.22. The Balaban J connectivity index is 2.38. The Kier molecular flexibility index (Phi) is 4.55. The van der Waals surface area contributed by atoms with E-state index in [-0.39, 0.29) is 17.2 Å². The van der Waals surface area contributed by atoms with E-state index in [1.807, 2.05) is 0 Å². The highest BCUT2D eigenvalue weighted by Crippen LogP contribution is 2.33. The average Bonchev–Trinajstić information content (AvgIpc) is 2.50. The van der Waals surface area contributed by atoms with Crippen LogP contribution in [0.5, 0.6) is 5.75 Å². The number of hydrogen-bond acceptors (Lipinski definition) is 4. The summed E-state index contributed by atoms with van der Waals surface area (Å²) in [7, 11) is 1.29. The van der Waals surface area contributed by atoms with Gasteiger partial charge in [0.15, 0.2) is 11.6 Å². The Bertz CT molecular complexity index is 660. The number of benzene rings is 2. The average molecular weight is 309 g/mol. The fourth-order valence-electron chi connectivity index (χ4n) is 1.80. The van der Waals surface area contributed by atoms with Gasteiger partial charge in [-0.1, -0.05) is 23.7 Å². The highest BCUT2D eigenvalue weighted by molar-refractivity contribution is 6.32. The summed E-state index contributed by atoms with van der Waals surface area (Å²) in [6.07, 6.45) is 0. The van der Waals surface area contributed by atoms with Crippen LogP contribution < -0.4 is 4.74 Å². The normalized spacial score (nSPS) is 10.0. The van der Waals surface area contributed by atoms with Gasteiger partial charge in [-0.05, 0) is 35.4 Å². The minimum absolute atomic E-state index is 0.0193. The molecule has 0 unspecified atom stereocenters. The Morgan fingerprint density at radius 3 is 2.38 bits per heavy atom. The monoisotopic (exact) mass is 308 g/mol. The van der Waals surface area contributed by atoms with Crippen molar-refractivity contribution in [2.24, 2.45) is 0 Å². The number of ether oxygens (including phenoxy) is 2.